The van der Waals surface area contributed by atoms with Crippen molar-refractivity contribution in [2.24, 2.45) is 0 Å². The second kappa shape index (κ2) is 5.14. The van der Waals surface area contributed by atoms with Gasteiger partial charge < -0.3 is 14.6 Å². The van der Waals surface area contributed by atoms with E-state index in [9.17, 15) is 0 Å². The van der Waals surface area contributed by atoms with Crippen molar-refractivity contribution < 1.29 is 9.26 Å². The Labute approximate surface area is 101 Å². The fraction of sp³-hybridized carbons (Fsp3) is 0.833. The molecule has 1 aromatic heterocycles. The molecular weight excluding hydrogens is 218 g/mol. The number of aromatic nitrogens is 2. The van der Waals surface area contributed by atoms with Crippen LogP contribution in [-0.2, 0) is 11.2 Å². The summed E-state index contributed by atoms with van der Waals surface area (Å²) in [6, 6.07) is 0. The topological polar surface area (TPSA) is 60.2 Å². The highest BCUT2D eigenvalue weighted by molar-refractivity contribution is 5.00. The maximum atomic E-state index is 5.68. The fourth-order valence-corrected chi connectivity index (χ4v) is 2.55. The van der Waals surface area contributed by atoms with E-state index in [0.29, 0.717) is 5.92 Å². The summed E-state index contributed by atoms with van der Waals surface area (Å²) in [5, 5.41) is 7.40. The van der Waals surface area contributed by atoms with Gasteiger partial charge in [0.1, 0.15) is 0 Å². The first-order chi connectivity index (χ1) is 8.42. The molecule has 17 heavy (non-hydrogen) atoms. The van der Waals surface area contributed by atoms with Gasteiger partial charge in [-0.2, -0.15) is 4.98 Å². The van der Waals surface area contributed by atoms with E-state index in [1.54, 1.807) is 0 Å². The minimum absolute atomic E-state index is 0.277. The summed E-state index contributed by atoms with van der Waals surface area (Å²) in [7, 11) is 0. The van der Waals surface area contributed by atoms with Gasteiger partial charge in [-0.05, 0) is 32.2 Å². The first kappa shape index (κ1) is 11.2. The molecule has 1 aromatic rings. The van der Waals surface area contributed by atoms with Gasteiger partial charge in [0.2, 0.25) is 5.89 Å². The summed E-state index contributed by atoms with van der Waals surface area (Å²) in [5.74, 6) is 2.03. The zero-order valence-electron chi connectivity index (χ0n) is 10.0. The summed E-state index contributed by atoms with van der Waals surface area (Å²) < 4.78 is 11.0. The summed E-state index contributed by atoms with van der Waals surface area (Å²) in [4.78, 5) is 4.49. The average molecular weight is 237 g/mol. The number of nitrogens with one attached hydrogen (secondary N) is 1. The van der Waals surface area contributed by atoms with Gasteiger partial charge in [-0.25, -0.2) is 0 Å². The Morgan fingerprint density at radius 2 is 2.29 bits per heavy atom. The fourth-order valence-electron chi connectivity index (χ4n) is 2.55. The molecule has 0 aliphatic carbocycles. The van der Waals surface area contributed by atoms with Gasteiger partial charge in [-0.3, -0.25) is 0 Å². The van der Waals surface area contributed by atoms with Gasteiger partial charge in [-0.15, -0.1) is 0 Å². The Hall–Kier alpha value is -0.940. The third-order valence-corrected chi connectivity index (χ3v) is 3.59. The van der Waals surface area contributed by atoms with Crippen molar-refractivity contribution in [1.29, 1.82) is 0 Å². The molecule has 0 aromatic carbocycles. The molecule has 0 bridgehead atoms. The Balaban J connectivity index is 1.59. The van der Waals surface area contributed by atoms with Crippen LogP contribution in [0, 0.1) is 0 Å². The minimum atomic E-state index is 0.277. The van der Waals surface area contributed by atoms with Crippen molar-refractivity contribution in [3.8, 4) is 0 Å². The number of ether oxygens (including phenoxy) is 1. The number of hydrogen-bond acceptors (Lipinski definition) is 5. The van der Waals surface area contributed by atoms with Crippen LogP contribution in [0.3, 0.4) is 0 Å². The van der Waals surface area contributed by atoms with Crippen molar-refractivity contribution in [3.63, 3.8) is 0 Å². The molecular formula is C12H19N3O2. The average Bonchev–Trinajstić information content (AvgIpc) is 3.00. The van der Waals surface area contributed by atoms with Gasteiger partial charge in [0.15, 0.2) is 5.82 Å². The van der Waals surface area contributed by atoms with Crippen LogP contribution in [0.2, 0.25) is 0 Å². The molecule has 0 radical (unpaired) electrons. The molecule has 2 fully saturated rings. The van der Waals surface area contributed by atoms with E-state index >= 15 is 0 Å². The van der Waals surface area contributed by atoms with Gasteiger partial charge in [0, 0.05) is 19.1 Å². The Morgan fingerprint density at radius 3 is 3.06 bits per heavy atom. The minimum Gasteiger partial charge on any atom is -0.378 e. The van der Waals surface area contributed by atoms with Crippen molar-refractivity contribution in [1.82, 2.24) is 15.5 Å². The predicted octanol–water partition coefficient (Wildman–Crippen LogP) is 1.26. The second-order valence-corrected chi connectivity index (χ2v) is 4.93. The quantitative estimate of drug-likeness (QED) is 0.857. The lowest BCUT2D eigenvalue weighted by atomic mass is 10.1. The van der Waals surface area contributed by atoms with Crippen LogP contribution in [0.15, 0.2) is 4.52 Å². The molecule has 2 unspecified atom stereocenters. The number of nitrogens with zero attached hydrogens (tertiary/aromatic N) is 2. The maximum Gasteiger partial charge on any atom is 0.229 e. The largest absolute Gasteiger partial charge is 0.378 e. The highest BCUT2D eigenvalue weighted by atomic mass is 16.5. The SMILES string of the molecule is C1CCC(Cc2nc(C3CCNC3)no2)OC1. The van der Waals surface area contributed by atoms with E-state index in [2.05, 4.69) is 15.5 Å². The molecule has 94 valence electrons. The first-order valence-corrected chi connectivity index (χ1v) is 6.56. The molecule has 2 aliphatic rings. The Morgan fingerprint density at radius 1 is 1.29 bits per heavy atom. The van der Waals surface area contributed by atoms with Crippen LogP contribution < -0.4 is 5.32 Å². The van der Waals surface area contributed by atoms with Crippen LogP contribution in [-0.4, -0.2) is 35.9 Å². The molecule has 1 N–H and O–H groups in total. The van der Waals surface area contributed by atoms with Crippen LogP contribution >= 0.6 is 0 Å². The molecule has 2 atom stereocenters. The van der Waals surface area contributed by atoms with Crippen molar-refractivity contribution in [3.05, 3.63) is 11.7 Å². The molecule has 3 rings (SSSR count). The molecule has 5 heteroatoms. The van der Waals surface area contributed by atoms with E-state index in [1.807, 2.05) is 0 Å². The normalized spacial score (nSPS) is 29.6. The van der Waals surface area contributed by atoms with E-state index in [0.717, 1.165) is 50.7 Å². The standard InChI is InChI=1S/C12H19N3O2/c1-2-6-16-10(3-1)7-11-14-12(15-17-11)9-4-5-13-8-9/h9-10,13H,1-8H2. The predicted molar refractivity (Wildman–Crippen MR) is 61.8 cm³/mol. The third kappa shape index (κ3) is 2.66. The zero-order chi connectivity index (χ0) is 11.5. The van der Waals surface area contributed by atoms with Crippen molar-refractivity contribution >= 4 is 0 Å². The third-order valence-electron chi connectivity index (χ3n) is 3.59. The van der Waals surface area contributed by atoms with Crippen molar-refractivity contribution in [2.75, 3.05) is 19.7 Å². The summed E-state index contributed by atoms with van der Waals surface area (Å²) in [6.45, 7) is 2.90. The van der Waals surface area contributed by atoms with Crippen LogP contribution in [0.1, 0.15) is 43.3 Å². The highest BCUT2D eigenvalue weighted by Crippen LogP contribution is 2.21. The molecule has 3 heterocycles. The lowest BCUT2D eigenvalue weighted by Crippen LogP contribution is -2.21. The van der Waals surface area contributed by atoms with E-state index in [1.165, 1.54) is 12.8 Å². The summed E-state index contributed by atoms with van der Waals surface area (Å²) in [6.07, 6.45) is 5.70. The molecule has 5 nitrogen and oxygen atoms in total. The summed E-state index contributed by atoms with van der Waals surface area (Å²) in [5.41, 5.74) is 0. The van der Waals surface area contributed by atoms with E-state index in [-0.39, 0.29) is 6.10 Å². The Bertz CT molecular complexity index is 354. The van der Waals surface area contributed by atoms with Gasteiger partial charge in [-0.1, -0.05) is 5.16 Å². The van der Waals surface area contributed by atoms with Crippen LogP contribution in [0.25, 0.3) is 0 Å². The molecule has 0 amide bonds. The Kier molecular flexibility index (Phi) is 3.38. The van der Waals surface area contributed by atoms with Crippen LogP contribution in [0.4, 0.5) is 0 Å². The van der Waals surface area contributed by atoms with E-state index < -0.39 is 0 Å². The molecule has 0 spiro atoms. The molecule has 0 saturated carbocycles. The van der Waals surface area contributed by atoms with E-state index in [4.69, 9.17) is 9.26 Å². The summed E-state index contributed by atoms with van der Waals surface area (Å²) >= 11 is 0. The maximum absolute atomic E-state index is 5.68. The number of hydrogen-bond donors (Lipinski definition) is 1. The molecule has 2 aliphatic heterocycles. The first-order valence-electron chi connectivity index (χ1n) is 6.56. The van der Waals surface area contributed by atoms with Crippen LogP contribution in [0.5, 0.6) is 0 Å². The van der Waals surface area contributed by atoms with Crippen molar-refractivity contribution in [2.45, 2.75) is 44.1 Å². The number of rotatable bonds is 3. The van der Waals surface area contributed by atoms with Gasteiger partial charge >= 0.3 is 0 Å². The highest BCUT2D eigenvalue weighted by Gasteiger charge is 2.23. The lowest BCUT2D eigenvalue weighted by molar-refractivity contribution is 0.0124. The lowest BCUT2D eigenvalue weighted by Gasteiger charge is -2.20. The molecule has 2 saturated heterocycles. The second-order valence-electron chi connectivity index (χ2n) is 4.93. The van der Waals surface area contributed by atoms with Gasteiger partial charge in [0.25, 0.3) is 0 Å². The van der Waals surface area contributed by atoms with Gasteiger partial charge in [0.05, 0.1) is 12.5 Å². The smallest absolute Gasteiger partial charge is 0.229 e. The zero-order valence-corrected chi connectivity index (χ0v) is 10.0. The monoisotopic (exact) mass is 237 g/mol.